The molecule has 0 aliphatic rings. The van der Waals surface area contributed by atoms with Crippen LogP contribution in [0.4, 0.5) is 10.6 Å². The summed E-state index contributed by atoms with van der Waals surface area (Å²) in [7, 11) is 0. The van der Waals surface area contributed by atoms with Crippen molar-refractivity contribution in [1.82, 2.24) is 29.7 Å². The number of nitrogen functional groups attached to an aromatic ring is 1. The van der Waals surface area contributed by atoms with Crippen molar-refractivity contribution in [1.29, 1.82) is 0 Å². The minimum atomic E-state index is -0.707. The lowest BCUT2D eigenvalue weighted by Gasteiger charge is -2.20. The molecule has 0 unspecified atom stereocenters. The van der Waals surface area contributed by atoms with Crippen LogP contribution in [0.25, 0.3) is 44.3 Å². The molecule has 1 aromatic carbocycles. The van der Waals surface area contributed by atoms with Gasteiger partial charge >= 0.3 is 6.09 Å². The zero-order valence-corrected chi connectivity index (χ0v) is 22.3. The molecule has 0 bridgehead atoms. The predicted molar refractivity (Wildman–Crippen MR) is 153 cm³/mol. The maximum absolute atomic E-state index is 13.6. The Morgan fingerprint density at radius 3 is 2.58 bits per heavy atom. The molecule has 6 rings (SSSR count). The van der Waals surface area contributed by atoms with Gasteiger partial charge in [-0.3, -0.25) is 10.1 Å². The lowest BCUT2D eigenvalue weighted by molar-refractivity contribution is 0.0546. The Morgan fingerprint density at radius 1 is 0.925 bits per heavy atom. The second-order valence-electron chi connectivity index (χ2n) is 10.3. The average Bonchev–Trinajstić information content (AvgIpc) is 3.52. The smallest absolute Gasteiger partial charge is 0.420 e. The van der Waals surface area contributed by atoms with E-state index >= 15 is 0 Å². The summed E-state index contributed by atoms with van der Waals surface area (Å²) in [6.45, 7) is 5.75. The van der Waals surface area contributed by atoms with Crippen LogP contribution in [0.3, 0.4) is 0 Å². The minimum Gasteiger partial charge on any atom is -0.471 e. The maximum atomic E-state index is 13.6. The maximum Gasteiger partial charge on any atom is 0.420 e. The lowest BCUT2D eigenvalue weighted by Crippen LogP contribution is -2.27. The van der Waals surface area contributed by atoms with E-state index in [1.807, 2.05) is 75.4 Å². The first kappa shape index (κ1) is 25.1. The number of nitrogens with zero attached hydrogens (tertiary/aromatic N) is 5. The van der Waals surface area contributed by atoms with E-state index < -0.39 is 11.7 Å². The van der Waals surface area contributed by atoms with Crippen molar-refractivity contribution in [2.45, 2.75) is 33.0 Å². The third-order valence-corrected chi connectivity index (χ3v) is 6.31. The van der Waals surface area contributed by atoms with E-state index in [0.717, 1.165) is 38.7 Å². The number of H-pyrrole nitrogens is 1. The highest BCUT2D eigenvalue weighted by Crippen LogP contribution is 2.36. The number of benzene rings is 1. The van der Waals surface area contributed by atoms with Crippen LogP contribution in [0.1, 0.15) is 26.5 Å². The molecule has 10 heteroatoms. The Bertz CT molecular complexity index is 1850. The van der Waals surface area contributed by atoms with E-state index in [-0.39, 0.29) is 6.61 Å². The Labute approximate surface area is 229 Å². The van der Waals surface area contributed by atoms with E-state index in [4.69, 9.17) is 15.2 Å². The van der Waals surface area contributed by atoms with Gasteiger partial charge in [0.25, 0.3) is 0 Å². The Kier molecular flexibility index (Phi) is 6.14. The number of aromatic amines is 1. The highest BCUT2D eigenvalue weighted by molar-refractivity contribution is 6.03. The molecular weight excluding hydrogens is 506 g/mol. The third kappa shape index (κ3) is 4.82. The number of ether oxygens (including phenoxy) is 2. The van der Waals surface area contributed by atoms with E-state index in [2.05, 4.69) is 25.1 Å². The normalized spacial score (nSPS) is 11.7. The first-order chi connectivity index (χ1) is 19.3. The van der Waals surface area contributed by atoms with Crippen molar-refractivity contribution in [3.8, 4) is 28.3 Å². The molecule has 5 aromatic heterocycles. The number of nitrogens with one attached hydrogen (secondary N) is 1. The van der Waals surface area contributed by atoms with Crippen LogP contribution in [-0.2, 0) is 11.3 Å². The van der Waals surface area contributed by atoms with Gasteiger partial charge in [0.2, 0.25) is 5.88 Å². The van der Waals surface area contributed by atoms with E-state index in [1.165, 1.54) is 4.57 Å². The Hall–Kier alpha value is -5.25. The molecule has 5 heterocycles. The second-order valence-corrected chi connectivity index (χ2v) is 10.3. The number of hydrogen-bond acceptors (Lipinski definition) is 8. The molecule has 6 aromatic rings. The van der Waals surface area contributed by atoms with Gasteiger partial charge in [0.1, 0.15) is 12.2 Å². The van der Waals surface area contributed by atoms with Gasteiger partial charge in [0, 0.05) is 41.0 Å². The number of aromatic nitrogens is 6. The van der Waals surface area contributed by atoms with Gasteiger partial charge in [-0.15, -0.1) is 0 Å². The number of hydrogen-bond donors (Lipinski definition) is 2. The molecule has 0 aliphatic heterocycles. The first-order valence-electron chi connectivity index (χ1n) is 12.7. The number of rotatable bonds is 5. The molecule has 0 radical (unpaired) electrons. The molecule has 0 spiro atoms. The van der Waals surface area contributed by atoms with Crippen LogP contribution in [0.5, 0.6) is 5.88 Å². The number of carbonyl (C=O) groups excluding carboxylic acids is 1. The van der Waals surface area contributed by atoms with Crippen molar-refractivity contribution >= 4 is 33.8 Å². The molecule has 10 nitrogen and oxygen atoms in total. The summed E-state index contributed by atoms with van der Waals surface area (Å²) >= 11 is 0. The summed E-state index contributed by atoms with van der Waals surface area (Å²) in [6.07, 6.45) is 4.50. The van der Waals surface area contributed by atoms with E-state index in [0.29, 0.717) is 23.0 Å². The molecule has 0 saturated carbocycles. The molecule has 40 heavy (non-hydrogen) atoms. The number of nitrogens with two attached hydrogens (primary N) is 1. The number of carbonyl (C=O) groups is 1. The van der Waals surface area contributed by atoms with E-state index in [1.54, 1.807) is 24.7 Å². The molecule has 0 fully saturated rings. The summed E-state index contributed by atoms with van der Waals surface area (Å²) < 4.78 is 13.2. The standard InChI is InChI=1S/C30H27N7O3/c1-30(2,3)40-29(38)37-25(19-9-12-33-26(15-19)39-17-20-6-4-5-11-32-20)16-22-21(10-13-34-28(22)37)18-7-8-24-23(14-18)27(31)36-35-24/h4-16H,17H2,1-3H3,(H3,31,35,36). The van der Waals surface area contributed by atoms with Gasteiger partial charge < -0.3 is 15.2 Å². The largest absolute Gasteiger partial charge is 0.471 e. The summed E-state index contributed by atoms with van der Waals surface area (Å²) in [4.78, 5) is 26.8. The second kappa shape index (κ2) is 9.81. The van der Waals surface area contributed by atoms with Crippen molar-refractivity contribution < 1.29 is 14.3 Å². The fraction of sp³-hybridized carbons (Fsp3) is 0.167. The molecule has 3 N–H and O–H groups in total. The van der Waals surface area contributed by atoms with Crippen molar-refractivity contribution in [2.24, 2.45) is 0 Å². The Morgan fingerprint density at radius 2 is 1.77 bits per heavy atom. The van der Waals surface area contributed by atoms with Crippen molar-refractivity contribution in [3.63, 3.8) is 0 Å². The summed E-state index contributed by atoms with van der Waals surface area (Å²) in [5.74, 6) is 0.822. The van der Waals surface area contributed by atoms with Crippen LogP contribution < -0.4 is 10.5 Å². The van der Waals surface area contributed by atoms with Crippen LogP contribution in [0.2, 0.25) is 0 Å². The van der Waals surface area contributed by atoms with Gasteiger partial charge in [-0.2, -0.15) is 5.10 Å². The summed E-state index contributed by atoms with van der Waals surface area (Å²) in [5.41, 5.74) is 10.6. The highest BCUT2D eigenvalue weighted by atomic mass is 16.6. The van der Waals surface area contributed by atoms with E-state index in [9.17, 15) is 4.79 Å². The predicted octanol–water partition coefficient (Wildman–Crippen LogP) is 5.98. The van der Waals surface area contributed by atoms with Gasteiger partial charge in [0.15, 0.2) is 11.5 Å². The lowest BCUT2D eigenvalue weighted by atomic mass is 10.0. The van der Waals surface area contributed by atoms with Crippen molar-refractivity contribution in [3.05, 3.63) is 84.9 Å². The minimum absolute atomic E-state index is 0.262. The van der Waals surface area contributed by atoms with Gasteiger partial charge in [-0.25, -0.2) is 19.3 Å². The summed E-state index contributed by atoms with van der Waals surface area (Å²) in [6, 6.07) is 19.0. The quantitative estimate of drug-likeness (QED) is 0.276. The zero-order valence-electron chi connectivity index (χ0n) is 22.3. The topological polar surface area (TPSA) is 134 Å². The number of pyridine rings is 3. The van der Waals surface area contributed by atoms with Gasteiger partial charge in [-0.05, 0) is 74.4 Å². The van der Waals surface area contributed by atoms with Crippen LogP contribution >= 0.6 is 0 Å². The number of anilines is 1. The fourth-order valence-corrected chi connectivity index (χ4v) is 4.54. The van der Waals surface area contributed by atoms with Gasteiger partial charge in [-0.1, -0.05) is 12.1 Å². The Balaban J connectivity index is 1.48. The highest BCUT2D eigenvalue weighted by Gasteiger charge is 2.25. The first-order valence-corrected chi connectivity index (χ1v) is 12.7. The van der Waals surface area contributed by atoms with Crippen LogP contribution in [0, 0.1) is 0 Å². The summed E-state index contributed by atoms with van der Waals surface area (Å²) in [5, 5.41) is 8.62. The fourth-order valence-electron chi connectivity index (χ4n) is 4.54. The van der Waals surface area contributed by atoms with Crippen molar-refractivity contribution in [2.75, 3.05) is 5.73 Å². The third-order valence-electron chi connectivity index (χ3n) is 6.31. The van der Waals surface area contributed by atoms with Crippen LogP contribution in [0.15, 0.2) is 79.3 Å². The average molecular weight is 534 g/mol. The monoisotopic (exact) mass is 533 g/mol. The van der Waals surface area contributed by atoms with Gasteiger partial charge in [0.05, 0.1) is 16.9 Å². The molecular formula is C30H27N7O3. The van der Waals surface area contributed by atoms with Crippen LogP contribution in [-0.4, -0.2) is 41.4 Å². The molecule has 0 amide bonds. The molecule has 0 saturated heterocycles. The number of fused-ring (bicyclic) bond motifs is 2. The SMILES string of the molecule is CC(C)(C)OC(=O)n1c(-c2ccnc(OCc3ccccn3)c2)cc2c(-c3ccc4[nH]nc(N)c4c3)ccnc21. The molecule has 200 valence electrons. The molecule has 0 atom stereocenters. The zero-order chi connectivity index (χ0) is 27.9. The molecule has 0 aliphatic carbocycles.